The molecule has 0 saturated heterocycles. The zero-order valence-electron chi connectivity index (χ0n) is 14.3. The van der Waals surface area contributed by atoms with Gasteiger partial charge in [0.15, 0.2) is 0 Å². The van der Waals surface area contributed by atoms with Gasteiger partial charge in [-0.05, 0) is 18.9 Å². The topological polar surface area (TPSA) is 64.6 Å². The van der Waals surface area contributed by atoms with Crippen molar-refractivity contribution in [2.45, 2.75) is 26.3 Å². The molecule has 0 aliphatic heterocycles. The fourth-order valence-corrected chi connectivity index (χ4v) is 1.93. The molecule has 1 amide bonds. The third-order valence-electron chi connectivity index (χ3n) is 2.77. The summed E-state index contributed by atoms with van der Waals surface area (Å²) in [5.41, 5.74) is 1.50. The van der Waals surface area contributed by atoms with E-state index < -0.39 is 12.1 Å². The van der Waals surface area contributed by atoms with E-state index in [1.54, 1.807) is 6.92 Å². The smallest absolute Gasteiger partial charge is 0.375 e. The van der Waals surface area contributed by atoms with Gasteiger partial charge in [0, 0.05) is 6.04 Å². The third kappa shape index (κ3) is 11.1. The number of carbonyl (C=O) groups is 2. The van der Waals surface area contributed by atoms with Crippen LogP contribution in [0.3, 0.4) is 0 Å². The first-order valence-corrected chi connectivity index (χ1v) is 8.14. The quantitative estimate of drug-likeness (QED) is 0.257. The molecular formula is C19H23NNiO4-2. The molecule has 0 aromatic heterocycles. The molecule has 0 aliphatic rings. The summed E-state index contributed by atoms with van der Waals surface area (Å²) < 4.78 is 8.93. The standard InChI is InChI=1S/C11H14NO2.C8H9O2.Ni/c1-9(12-11(13)14-2)8-10-6-4-3-5-7-10;1-4-6-7(3)8(9)10-5-2;/h3-7,9H,2,8H2,1H3,(H,12,13);1,3-4,6H,5H2,2H3;/q2*-1;/b;7-6+;/t9-;;/m0../s1. The molecule has 0 unspecified atom stereocenters. The van der Waals surface area contributed by atoms with Gasteiger partial charge in [0.25, 0.3) is 0 Å². The zero-order chi connectivity index (χ0) is 19.1. The number of ether oxygens (including phenoxy) is 2. The summed E-state index contributed by atoms with van der Waals surface area (Å²) in [5, 5.41) is 2.65. The number of rotatable bonds is 7. The Morgan fingerprint density at radius 2 is 2.00 bits per heavy atom. The van der Waals surface area contributed by atoms with E-state index in [4.69, 9.17) is 6.58 Å². The maximum absolute atomic E-state index is 10.9. The van der Waals surface area contributed by atoms with E-state index in [1.165, 1.54) is 22.7 Å². The molecule has 25 heavy (non-hydrogen) atoms. The molecule has 140 valence electrons. The van der Waals surface area contributed by atoms with Crippen LogP contribution in [0.5, 0.6) is 0 Å². The second kappa shape index (κ2) is 14.2. The number of benzene rings is 1. The van der Waals surface area contributed by atoms with Gasteiger partial charge in [0.2, 0.25) is 0 Å². The summed E-state index contributed by atoms with van der Waals surface area (Å²) in [6.07, 6.45) is 2.97. The number of esters is 1. The second-order valence-electron chi connectivity index (χ2n) is 4.79. The molecule has 0 radical (unpaired) electrons. The Hall–Kier alpha value is -2.20. The SMILES string of the molecule is [CH-]=C/C=C(\[CH]=[Ni])C(=O)OCC.[CH2-]OC(=O)N[C@@H](C)Cc1ccccc1. The molecule has 0 aliphatic carbocycles. The normalized spacial score (nSPS) is 11.3. The predicted molar refractivity (Wildman–Crippen MR) is 94.2 cm³/mol. The van der Waals surface area contributed by atoms with E-state index >= 15 is 0 Å². The van der Waals surface area contributed by atoms with E-state index in [-0.39, 0.29) is 6.04 Å². The van der Waals surface area contributed by atoms with Gasteiger partial charge in [0.1, 0.15) is 0 Å². The maximum atomic E-state index is 10.9. The van der Waals surface area contributed by atoms with Crippen molar-refractivity contribution < 1.29 is 34.1 Å². The number of hydrogen-bond donors (Lipinski definition) is 1. The van der Waals surface area contributed by atoms with Crippen molar-refractivity contribution in [3.63, 3.8) is 0 Å². The Labute approximate surface area is 157 Å². The van der Waals surface area contributed by atoms with Crippen molar-refractivity contribution in [1.82, 2.24) is 5.32 Å². The minimum absolute atomic E-state index is 0.0478. The van der Waals surface area contributed by atoms with Crippen LogP contribution in [0.15, 0.2) is 48.1 Å². The monoisotopic (exact) mass is 387 g/mol. The molecule has 0 bridgehead atoms. The summed E-state index contributed by atoms with van der Waals surface area (Å²) in [7, 11) is 3.03. The fraction of sp³-hybridized carbons (Fsp3) is 0.263. The molecule has 5 nitrogen and oxygen atoms in total. The minimum atomic E-state index is -0.492. The molecule has 1 atom stereocenters. The fourth-order valence-electron chi connectivity index (χ4n) is 1.72. The van der Waals surface area contributed by atoms with Crippen molar-refractivity contribution in [2.24, 2.45) is 0 Å². The molecule has 0 fully saturated rings. The van der Waals surface area contributed by atoms with E-state index in [1.807, 2.05) is 37.3 Å². The van der Waals surface area contributed by atoms with Crippen LogP contribution in [0.2, 0.25) is 0 Å². The van der Waals surface area contributed by atoms with Crippen LogP contribution < -0.4 is 5.32 Å². The summed E-state index contributed by atoms with van der Waals surface area (Å²) in [6.45, 7) is 9.06. The molecule has 0 saturated carbocycles. The Balaban J connectivity index is 0.000000477. The first kappa shape index (κ1) is 22.8. The van der Waals surface area contributed by atoms with Gasteiger partial charge in [0.05, 0.1) is 0 Å². The van der Waals surface area contributed by atoms with Crippen LogP contribution in [0.4, 0.5) is 4.79 Å². The van der Waals surface area contributed by atoms with Crippen molar-refractivity contribution >= 4 is 17.1 Å². The Kier molecular flexibility index (Phi) is 12.9. The molecular weight excluding hydrogens is 365 g/mol. The largest absolute Gasteiger partial charge is 0.624 e. The maximum Gasteiger partial charge on any atom is 0.375 e. The van der Waals surface area contributed by atoms with Crippen LogP contribution in [0.1, 0.15) is 19.4 Å². The molecule has 0 spiro atoms. The van der Waals surface area contributed by atoms with Crippen molar-refractivity contribution in [3.05, 3.63) is 67.3 Å². The molecule has 0 heterocycles. The number of allylic oxidation sites excluding steroid dienone is 2. The van der Waals surface area contributed by atoms with Crippen LogP contribution in [0.25, 0.3) is 0 Å². The Morgan fingerprint density at radius 1 is 1.36 bits per heavy atom. The van der Waals surface area contributed by atoms with Gasteiger partial charge in [-0.3, -0.25) is 0 Å². The van der Waals surface area contributed by atoms with Crippen LogP contribution >= 0.6 is 0 Å². The van der Waals surface area contributed by atoms with Gasteiger partial charge >= 0.3 is 79.5 Å². The van der Waals surface area contributed by atoms with Crippen LogP contribution in [-0.2, 0) is 35.7 Å². The van der Waals surface area contributed by atoms with Crippen LogP contribution in [0, 0.1) is 13.7 Å². The minimum Gasteiger partial charge on any atom is -0.624 e. The van der Waals surface area contributed by atoms with Gasteiger partial charge in [-0.15, -0.1) is 0 Å². The van der Waals surface area contributed by atoms with Gasteiger partial charge in [-0.2, -0.15) is 7.11 Å². The van der Waals surface area contributed by atoms with E-state index in [0.717, 1.165) is 6.42 Å². The molecule has 1 aromatic carbocycles. The average Bonchev–Trinajstić information content (AvgIpc) is 2.61. The number of nitrogens with one attached hydrogen (secondary N) is 1. The number of carbonyl (C=O) groups excluding carboxylic acids is 2. The number of hydrogen-bond acceptors (Lipinski definition) is 4. The Bertz CT molecular complexity index is 584. The van der Waals surface area contributed by atoms with Gasteiger partial charge in [-0.25, -0.2) is 4.79 Å². The summed E-state index contributed by atoms with van der Waals surface area (Å²) in [5.74, 6) is -0.430. The van der Waals surface area contributed by atoms with Crippen molar-refractivity contribution in [3.8, 4) is 0 Å². The molecule has 6 heteroatoms. The van der Waals surface area contributed by atoms with Gasteiger partial charge < -0.3 is 10.1 Å². The predicted octanol–water partition coefficient (Wildman–Crippen LogP) is 2.95. The van der Waals surface area contributed by atoms with Gasteiger partial charge in [-0.1, -0.05) is 30.3 Å². The summed E-state index contributed by atoms with van der Waals surface area (Å²) >= 11 is 4.28. The van der Waals surface area contributed by atoms with Crippen molar-refractivity contribution in [2.75, 3.05) is 6.61 Å². The van der Waals surface area contributed by atoms with E-state index in [0.29, 0.717) is 12.2 Å². The number of amides is 1. The second-order valence-corrected chi connectivity index (χ2v) is 5.08. The van der Waals surface area contributed by atoms with E-state index in [2.05, 4.69) is 36.9 Å². The molecule has 1 aromatic rings. The van der Waals surface area contributed by atoms with Crippen LogP contribution in [-0.4, -0.2) is 29.7 Å². The van der Waals surface area contributed by atoms with E-state index in [9.17, 15) is 9.59 Å². The Morgan fingerprint density at radius 3 is 2.48 bits per heavy atom. The average molecular weight is 388 g/mol. The zero-order valence-corrected chi connectivity index (χ0v) is 15.3. The molecule has 1 rings (SSSR count). The molecule has 1 N–H and O–H groups in total. The first-order chi connectivity index (χ1) is 12.0. The third-order valence-corrected chi connectivity index (χ3v) is 3.07. The summed E-state index contributed by atoms with van der Waals surface area (Å²) in [6, 6.07) is 10.0. The van der Waals surface area contributed by atoms with Crippen molar-refractivity contribution in [1.29, 1.82) is 0 Å². The summed E-state index contributed by atoms with van der Waals surface area (Å²) in [4.78, 5) is 23.0. The first-order valence-electron chi connectivity index (χ1n) is 7.57. The number of alkyl carbamates (subject to hydrolysis) is 1.